The second kappa shape index (κ2) is 6.82. The summed E-state index contributed by atoms with van der Waals surface area (Å²) in [5, 5.41) is 9.31. The average Bonchev–Trinajstić information content (AvgIpc) is 2.91. The molecule has 6 heteroatoms. The minimum Gasteiger partial charge on any atom is -0.354 e. The summed E-state index contributed by atoms with van der Waals surface area (Å²) < 4.78 is 0. The highest BCUT2D eigenvalue weighted by molar-refractivity contribution is 7.09. The fourth-order valence-corrected chi connectivity index (χ4v) is 2.66. The molecule has 1 aromatic rings. The van der Waals surface area contributed by atoms with Crippen LogP contribution < -0.4 is 10.6 Å². The lowest BCUT2D eigenvalue weighted by Crippen LogP contribution is -2.47. The van der Waals surface area contributed by atoms with Gasteiger partial charge in [0, 0.05) is 50.2 Å². The van der Waals surface area contributed by atoms with Crippen LogP contribution in [0.15, 0.2) is 11.6 Å². The molecule has 1 aromatic heterocycles. The largest absolute Gasteiger partial charge is 0.354 e. The van der Waals surface area contributed by atoms with Gasteiger partial charge < -0.3 is 10.6 Å². The van der Waals surface area contributed by atoms with Crippen LogP contribution in [0.2, 0.25) is 0 Å². The molecule has 5 nitrogen and oxygen atoms in total. The summed E-state index contributed by atoms with van der Waals surface area (Å²) in [4.78, 5) is 18.2. The molecule has 1 fully saturated rings. The third-order valence-corrected chi connectivity index (χ3v) is 4.06. The van der Waals surface area contributed by atoms with Crippen LogP contribution in [0.4, 0.5) is 0 Å². The Hall–Kier alpha value is -0.980. The zero-order chi connectivity index (χ0) is 12.8. The normalized spacial score (nSPS) is 18.5. The van der Waals surface area contributed by atoms with E-state index in [1.807, 2.05) is 5.38 Å². The number of thiazole rings is 1. The van der Waals surface area contributed by atoms with Gasteiger partial charge in [0.2, 0.25) is 5.91 Å². The number of aromatic nitrogens is 1. The molecule has 0 aromatic carbocycles. The van der Waals surface area contributed by atoms with Gasteiger partial charge in [-0.05, 0) is 0 Å². The van der Waals surface area contributed by atoms with Crippen LogP contribution in [-0.4, -0.2) is 55.1 Å². The molecule has 2 N–H and O–H groups in total. The molecule has 0 saturated carbocycles. The van der Waals surface area contributed by atoms with Gasteiger partial charge in [-0.1, -0.05) is 6.92 Å². The van der Waals surface area contributed by atoms with E-state index in [1.54, 1.807) is 17.5 Å². The molecule has 0 aliphatic carbocycles. The van der Waals surface area contributed by atoms with E-state index in [0.717, 1.165) is 31.2 Å². The number of hydrogen-bond donors (Lipinski definition) is 2. The van der Waals surface area contributed by atoms with Gasteiger partial charge in [0.1, 0.15) is 0 Å². The summed E-state index contributed by atoms with van der Waals surface area (Å²) >= 11 is 1.64. The van der Waals surface area contributed by atoms with Crippen molar-refractivity contribution in [3.05, 3.63) is 16.6 Å². The second-order valence-electron chi connectivity index (χ2n) is 4.60. The highest BCUT2D eigenvalue weighted by Gasteiger charge is 2.14. The van der Waals surface area contributed by atoms with Gasteiger partial charge in [0.05, 0.1) is 11.6 Å². The summed E-state index contributed by atoms with van der Waals surface area (Å²) in [5.41, 5.74) is 0. The van der Waals surface area contributed by atoms with Crippen molar-refractivity contribution in [1.29, 1.82) is 0 Å². The van der Waals surface area contributed by atoms with Crippen LogP contribution in [-0.2, 0) is 4.79 Å². The summed E-state index contributed by atoms with van der Waals surface area (Å²) in [6, 6.07) is 0. The Morgan fingerprint density at radius 2 is 2.39 bits per heavy atom. The first kappa shape index (κ1) is 13.5. The zero-order valence-electron chi connectivity index (χ0n) is 10.7. The van der Waals surface area contributed by atoms with Crippen LogP contribution in [0.1, 0.15) is 17.8 Å². The Morgan fingerprint density at radius 3 is 3.06 bits per heavy atom. The summed E-state index contributed by atoms with van der Waals surface area (Å²) in [7, 11) is 0. The van der Waals surface area contributed by atoms with E-state index in [4.69, 9.17) is 0 Å². The molecule has 0 radical (unpaired) electrons. The Morgan fingerprint density at radius 1 is 1.61 bits per heavy atom. The molecule has 1 aliphatic rings. The van der Waals surface area contributed by atoms with E-state index in [2.05, 4.69) is 27.4 Å². The van der Waals surface area contributed by atoms with E-state index >= 15 is 0 Å². The van der Waals surface area contributed by atoms with Gasteiger partial charge in [-0.2, -0.15) is 0 Å². The monoisotopic (exact) mass is 268 g/mol. The first-order valence-electron chi connectivity index (χ1n) is 6.35. The van der Waals surface area contributed by atoms with Crippen LogP contribution >= 0.6 is 11.3 Å². The van der Waals surface area contributed by atoms with Crippen LogP contribution in [0.5, 0.6) is 0 Å². The van der Waals surface area contributed by atoms with Crippen molar-refractivity contribution in [2.75, 3.05) is 39.3 Å². The van der Waals surface area contributed by atoms with Crippen molar-refractivity contribution in [2.24, 2.45) is 0 Å². The van der Waals surface area contributed by atoms with Gasteiger partial charge >= 0.3 is 0 Å². The number of rotatable bonds is 5. The minimum absolute atomic E-state index is 0.111. The lowest BCUT2D eigenvalue weighted by molar-refractivity contribution is -0.122. The molecular weight excluding hydrogens is 248 g/mol. The fourth-order valence-electron chi connectivity index (χ4n) is 1.96. The molecule has 1 saturated heterocycles. The van der Waals surface area contributed by atoms with Crippen molar-refractivity contribution in [2.45, 2.75) is 12.8 Å². The maximum absolute atomic E-state index is 11.8. The number of nitrogens with zero attached hydrogens (tertiary/aromatic N) is 2. The van der Waals surface area contributed by atoms with Crippen molar-refractivity contribution >= 4 is 17.2 Å². The van der Waals surface area contributed by atoms with Gasteiger partial charge in [0.25, 0.3) is 0 Å². The van der Waals surface area contributed by atoms with Gasteiger partial charge in [0.15, 0.2) is 0 Å². The standard InChI is InChI=1S/C12H20N4OS/c1-10(12-14-4-7-18-12)8-15-11(17)9-16-5-2-13-3-6-16/h4,7,10,13H,2-3,5-6,8-9H2,1H3,(H,15,17). The molecule has 0 bridgehead atoms. The molecule has 2 rings (SSSR count). The van der Waals surface area contributed by atoms with Crippen molar-refractivity contribution in [3.8, 4) is 0 Å². The highest BCUT2D eigenvalue weighted by Crippen LogP contribution is 2.16. The second-order valence-corrected chi connectivity index (χ2v) is 5.53. The third-order valence-electron chi connectivity index (χ3n) is 3.06. The van der Waals surface area contributed by atoms with Crippen LogP contribution in [0, 0.1) is 0 Å². The number of amides is 1. The predicted molar refractivity (Wildman–Crippen MR) is 72.8 cm³/mol. The minimum atomic E-state index is 0.111. The Labute approximate surface area is 112 Å². The van der Waals surface area contributed by atoms with E-state index in [0.29, 0.717) is 13.1 Å². The lowest BCUT2D eigenvalue weighted by Gasteiger charge is -2.26. The van der Waals surface area contributed by atoms with E-state index in [9.17, 15) is 4.79 Å². The molecule has 1 aliphatic heterocycles. The third kappa shape index (κ3) is 4.04. The molecular formula is C12H20N4OS. The summed E-state index contributed by atoms with van der Waals surface area (Å²) in [5.74, 6) is 0.400. The topological polar surface area (TPSA) is 57.3 Å². The van der Waals surface area contributed by atoms with Crippen LogP contribution in [0.25, 0.3) is 0 Å². The molecule has 1 unspecified atom stereocenters. The first-order chi connectivity index (χ1) is 8.75. The molecule has 1 amide bonds. The van der Waals surface area contributed by atoms with E-state index in [1.165, 1.54) is 0 Å². The Kier molecular flexibility index (Phi) is 5.10. The number of carbonyl (C=O) groups is 1. The van der Waals surface area contributed by atoms with Gasteiger partial charge in [-0.15, -0.1) is 11.3 Å². The highest BCUT2D eigenvalue weighted by atomic mass is 32.1. The lowest BCUT2D eigenvalue weighted by atomic mass is 10.2. The van der Waals surface area contributed by atoms with Crippen molar-refractivity contribution < 1.29 is 4.79 Å². The quantitative estimate of drug-likeness (QED) is 0.805. The number of nitrogens with one attached hydrogen (secondary N) is 2. The Bertz CT molecular complexity index is 362. The van der Waals surface area contributed by atoms with Gasteiger partial charge in [-0.25, -0.2) is 4.98 Å². The van der Waals surface area contributed by atoms with Crippen LogP contribution in [0.3, 0.4) is 0 Å². The van der Waals surface area contributed by atoms with Gasteiger partial charge in [-0.3, -0.25) is 9.69 Å². The summed E-state index contributed by atoms with van der Waals surface area (Å²) in [6.45, 7) is 7.12. The molecule has 2 heterocycles. The van der Waals surface area contributed by atoms with E-state index < -0.39 is 0 Å². The SMILES string of the molecule is CC(CNC(=O)CN1CCNCC1)c1nccs1. The Balaban J connectivity index is 1.68. The van der Waals surface area contributed by atoms with Crippen molar-refractivity contribution in [1.82, 2.24) is 20.5 Å². The number of hydrogen-bond acceptors (Lipinski definition) is 5. The average molecular weight is 268 g/mol. The predicted octanol–water partition coefficient (Wildman–Crippen LogP) is 0.268. The maximum Gasteiger partial charge on any atom is 0.234 e. The number of piperazine rings is 1. The molecule has 100 valence electrons. The van der Waals surface area contributed by atoms with Crippen molar-refractivity contribution in [3.63, 3.8) is 0 Å². The zero-order valence-corrected chi connectivity index (χ0v) is 11.5. The molecule has 18 heavy (non-hydrogen) atoms. The van der Waals surface area contributed by atoms with E-state index in [-0.39, 0.29) is 11.8 Å². The summed E-state index contributed by atoms with van der Waals surface area (Å²) in [6.07, 6.45) is 1.80. The maximum atomic E-state index is 11.8. The first-order valence-corrected chi connectivity index (χ1v) is 7.23. The fraction of sp³-hybridized carbons (Fsp3) is 0.667. The number of carbonyl (C=O) groups excluding carboxylic acids is 1. The molecule has 1 atom stereocenters. The smallest absolute Gasteiger partial charge is 0.234 e. The molecule has 0 spiro atoms.